The summed E-state index contributed by atoms with van der Waals surface area (Å²) in [6, 6.07) is -0.407. The van der Waals surface area contributed by atoms with Gasteiger partial charge in [0.15, 0.2) is 0 Å². The lowest BCUT2D eigenvalue weighted by Gasteiger charge is -2.32. The predicted octanol–water partition coefficient (Wildman–Crippen LogP) is 0.785. The molecule has 0 heterocycles. The molecule has 0 aliphatic rings. The van der Waals surface area contributed by atoms with Crippen LogP contribution < -0.4 is 0 Å². The van der Waals surface area contributed by atoms with Crippen LogP contribution in [0.25, 0.3) is 0 Å². The van der Waals surface area contributed by atoms with Gasteiger partial charge in [-0.1, -0.05) is 0 Å². The highest BCUT2D eigenvalue weighted by Crippen LogP contribution is 2.07. The minimum atomic E-state index is -0.885. The van der Waals surface area contributed by atoms with Crippen molar-refractivity contribution >= 4 is 12.0 Å². The lowest BCUT2D eigenvalue weighted by atomic mass is 10.2. The van der Waals surface area contributed by atoms with Crippen LogP contribution in [-0.2, 0) is 4.79 Å². The van der Waals surface area contributed by atoms with Gasteiger partial charge in [-0.2, -0.15) is 0 Å². The molecule has 0 bridgehead atoms. The second kappa shape index (κ2) is 7.92. The van der Waals surface area contributed by atoms with Crippen molar-refractivity contribution in [3.8, 4) is 0 Å². The van der Waals surface area contributed by atoms with E-state index in [9.17, 15) is 9.59 Å². The molecule has 2 amide bonds. The molecule has 1 unspecified atom stereocenters. The molecule has 0 aromatic rings. The number of carbonyl (C=O) groups is 2. The normalized spacial score (nSPS) is 12.3. The molecular weight excluding hydrogens is 234 g/mol. The Morgan fingerprint density at radius 2 is 1.72 bits per heavy atom. The van der Waals surface area contributed by atoms with Gasteiger partial charge in [0.25, 0.3) is 0 Å². The maximum Gasteiger partial charge on any atom is 0.320 e. The maximum atomic E-state index is 12.2. The smallest absolute Gasteiger partial charge is 0.320 e. The van der Waals surface area contributed by atoms with Gasteiger partial charge >= 0.3 is 12.0 Å². The average Bonchev–Trinajstić information content (AvgIpc) is 2.25. The number of carboxylic acids is 1. The summed E-state index contributed by atoms with van der Waals surface area (Å²) in [5.41, 5.74) is 0. The molecule has 0 radical (unpaired) electrons. The van der Waals surface area contributed by atoms with Gasteiger partial charge in [-0.05, 0) is 27.9 Å². The molecular formula is C12H25N3O3. The number of nitrogens with zero attached hydrogens (tertiary/aromatic N) is 3. The van der Waals surface area contributed by atoms with E-state index in [1.807, 2.05) is 25.9 Å². The molecule has 106 valence electrons. The fourth-order valence-electron chi connectivity index (χ4n) is 1.66. The van der Waals surface area contributed by atoms with Gasteiger partial charge in [0.05, 0.1) is 6.42 Å². The Balaban J connectivity index is 4.45. The molecule has 1 N–H and O–H groups in total. The SMILES string of the molecule is CCN(C(=O)N(C)CCN(C)C)C(C)CC(=O)O. The van der Waals surface area contributed by atoms with Crippen LogP contribution in [0.3, 0.4) is 0 Å². The maximum absolute atomic E-state index is 12.2. The summed E-state index contributed by atoms with van der Waals surface area (Å²) >= 11 is 0. The van der Waals surface area contributed by atoms with E-state index in [4.69, 9.17) is 5.11 Å². The molecule has 0 fully saturated rings. The highest BCUT2D eigenvalue weighted by molar-refractivity contribution is 5.75. The number of hydrogen-bond acceptors (Lipinski definition) is 3. The van der Waals surface area contributed by atoms with E-state index >= 15 is 0 Å². The number of amides is 2. The van der Waals surface area contributed by atoms with Crippen molar-refractivity contribution in [2.24, 2.45) is 0 Å². The van der Waals surface area contributed by atoms with Crippen LogP contribution in [0.4, 0.5) is 4.79 Å². The molecule has 18 heavy (non-hydrogen) atoms. The van der Waals surface area contributed by atoms with Gasteiger partial charge in [0, 0.05) is 32.7 Å². The van der Waals surface area contributed by atoms with Crippen LogP contribution >= 0.6 is 0 Å². The lowest BCUT2D eigenvalue weighted by molar-refractivity contribution is -0.138. The van der Waals surface area contributed by atoms with E-state index in [-0.39, 0.29) is 18.5 Å². The third-order valence-corrected chi connectivity index (χ3v) is 2.80. The molecule has 0 saturated heterocycles. The Labute approximate surface area is 109 Å². The molecule has 0 aliphatic heterocycles. The quantitative estimate of drug-likeness (QED) is 0.734. The average molecular weight is 259 g/mol. The summed E-state index contributed by atoms with van der Waals surface area (Å²) in [6.07, 6.45) is -0.0267. The van der Waals surface area contributed by atoms with Crippen molar-refractivity contribution in [1.82, 2.24) is 14.7 Å². The number of urea groups is 1. The number of likely N-dealkylation sites (N-methyl/N-ethyl adjacent to an activating group) is 2. The highest BCUT2D eigenvalue weighted by Gasteiger charge is 2.23. The van der Waals surface area contributed by atoms with E-state index in [1.54, 1.807) is 23.8 Å². The van der Waals surface area contributed by atoms with Crippen molar-refractivity contribution in [2.75, 3.05) is 40.8 Å². The largest absolute Gasteiger partial charge is 0.481 e. The zero-order valence-electron chi connectivity index (χ0n) is 12.0. The molecule has 0 aliphatic carbocycles. The molecule has 1 atom stereocenters. The van der Waals surface area contributed by atoms with Crippen molar-refractivity contribution in [1.29, 1.82) is 0 Å². The first-order valence-electron chi connectivity index (χ1n) is 6.17. The fraction of sp³-hybridized carbons (Fsp3) is 0.833. The van der Waals surface area contributed by atoms with E-state index in [0.717, 1.165) is 6.54 Å². The van der Waals surface area contributed by atoms with Gasteiger partial charge in [-0.25, -0.2) is 4.79 Å². The van der Waals surface area contributed by atoms with Crippen LogP contribution in [0.15, 0.2) is 0 Å². The standard InChI is InChI=1S/C12H25N3O3/c1-6-15(10(2)9-11(16)17)12(18)14(5)8-7-13(3)4/h10H,6-9H2,1-5H3,(H,16,17). The third kappa shape index (κ3) is 5.86. The fourth-order valence-corrected chi connectivity index (χ4v) is 1.66. The van der Waals surface area contributed by atoms with Gasteiger partial charge in [-0.3, -0.25) is 4.79 Å². The van der Waals surface area contributed by atoms with E-state index in [2.05, 4.69) is 0 Å². The summed E-state index contributed by atoms with van der Waals surface area (Å²) in [5.74, 6) is -0.885. The van der Waals surface area contributed by atoms with Crippen molar-refractivity contribution in [2.45, 2.75) is 26.3 Å². The van der Waals surface area contributed by atoms with Crippen LogP contribution in [-0.4, -0.2) is 78.6 Å². The number of carboxylic acid groups (broad SMARTS) is 1. The molecule has 6 heteroatoms. The Bertz CT molecular complexity index is 282. The Hall–Kier alpha value is -1.30. The molecule has 0 rings (SSSR count). The first kappa shape index (κ1) is 16.7. The summed E-state index contributed by atoms with van der Waals surface area (Å²) in [4.78, 5) is 28.0. The first-order chi connectivity index (χ1) is 8.29. The summed E-state index contributed by atoms with van der Waals surface area (Å²) in [6.45, 7) is 5.54. The van der Waals surface area contributed by atoms with Crippen molar-refractivity contribution < 1.29 is 14.7 Å². The number of aliphatic carboxylic acids is 1. The molecule has 6 nitrogen and oxygen atoms in total. The van der Waals surface area contributed by atoms with Gasteiger partial charge in [0.1, 0.15) is 0 Å². The molecule has 0 aromatic heterocycles. The van der Waals surface area contributed by atoms with E-state index < -0.39 is 5.97 Å². The van der Waals surface area contributed by atoms with Crippen molar-refractivity contribution in [3.05, 3.63) is 0 Å². The Morgan fingerprint density at radius 1 is 1.17 bits per heavy atom. The second-order valence-electron chi connectivity index (χ2n) is 4.74. The van der Waals surface area contributed by atoms with Gasteiger partial charge < -0.3 is 19.8 Å². The third-order valence-electron chi connectivity index (χ3n) is 2.80. The minimum absolute atomic E-state index is 0.0267. The van der Waals surface area contributed by atoms with Crippen LogP contribution in [0.2, 0.25) is 0 Å². The van der Waals surface area contributed by atoms with E-state index in [0.29, 0.717) is 13.1 Å². The molecule has 0 spiro atoms. The topological polar surface area (TPSA) is 64.1 Å². The van der Waals surface area contributed by atoms with Crippen molar-refractivity contribution in [3.63, 3.8) is 0 Å². The first-order valence-corrected chi connectivity index (χ1v) is 6.17. The number of rotatable bonds is 7. The highest BCUT2D eigenvalue weighted by atomic mass is 16.4. The van der Waals surface area contributed by atoms with Crippen LogP contribution in [0.1, 0.15) is 20.3 Å². The molecule has 0 aromatic carbocycles. The van der Waals surface area contributed by atoms with Gasteiger partial charge in [0.2, 0.25) is 0 Å². The lowest BCUT2D eigenvalue weighted by Crippen LogP contribution is -2.47. The predicted molar refractivity (Wildman–Crippen MR) is 70.7 cm³/mol. The molecule has 0 saturated carbocycles. The van der Waals surface area contributed by atoms with Gasteiger partial charge in [-0.15, -0.1) is 0 Å². The summed E-state index contributed by atoms with van der Waals surface area (Å²) < 4.78 is 0. The van der Waals surface area contributed by atoms with Crippen LogP contribution in [0.5, 0.6) is 0 Å². The Kier molecular flexibility index (Phi) is 7.35. The summed E-state index contributed by atoms with van der Waals surface area (Å²) in [5, 5.41) is 8.77. The minimum Gasteiger partial charge on any atom is -0.481 e. The Morgan fingerprint density at radius 3 is 2.11 bits per heavy atom. The van der Waals surface area contributed by atoms with Crippen LogP contribution in [0, 0.1) is 0 Å². The number of hydrogen-bond donors (Lipinski definition) is 1. The zero-order chi connectivity index (χ0) is 14.3. The second-order valence-corrected chi connectivity index (χ2v) is 4.74. The van der Waals surface area contributed by atoms with E-state index in [1.165, 1.54) is 0 Å². The zero-order valence-corrected chi connectivity index (χ0v) is 12.0. The number of carbonyl (C=O) groups excluding carboxylic acids is 1. The monoisotopic (exact) mass is 259 g/mol. The summed E-state index contributed by atoms with van der Waals surface area (Å²) in [7, 11) is 5.63.